The van der Waals surface area contributed by atoms with Gasteiger partial charge in [-0.3, -0.25) is 51.3 Å². The maximum Gasteiger partial charge on any atom is 3.00 e. The Morgan fingerprint density at radius 1 is 1.25 bits per heavy atom. The van der Waals surface area contributed by atoms with E-state index in [4.69, 9.17) is 9.59 Å². The molecule has 1 aliphatic carbocycles. The number of hydrogen-bond donors (Lipinski definition) is 0. The molecule has 1 rings (SSSR count). The Balaban J connectivity index is -0.000000104. The molecule has 0 unspecified atom stereocenters. The summed E-state index contributed by atoms with van der Waals surface area (Å²) in [4.78, 5) is 17.3. The molecule has 0 bridgehead atoms. The van der Waals surface area contributed by atoms with Crippen LogP contribution >= 0.6 is 45.2 Å². The summed E-state index contributed by atoms with van der Waals surface area (Å²) in [5.74, 6) is 0. The maximum atomic E-state index is 8.67. The van der Waals surface area contributed by atoms with E-state index in [1.165, 1.54) is 53.8 Å². The minimum absolute atomic E-state index is 0. The zero-order valence-corrected chi connectivity index (χ0v) is 11.2. The second kappa shape index (κ2) is 22.6. The van der Waals surface area contributed by atoms with E-state index >= 15 is 0 Å². The zero-order chi connectivity index (χ0) is 8.95. The summed E-state index contributed by atoms with van der Waals surface area (Å²) in [6, 6.07) is 0. The fourth-order valence-electron chi connectivity index (χ4n) is 0.340. The van der Waals surface area contributed by atoms with Gasteiger partial charge in [0.05, 0.1) is 0 Å². The predicted octanol–water partition coefficient (Wildman–Crippen LogP) is 2.28. The average molecular weight is 434 g/mol. The van der Waals surface area contributed by atoms with E-state index in [9.17, 15) is 0 Å². The van der Waals surface area contributed by atoms with Crippen molar-refractivity contribution in [2.75, 3.05) is 0 Å². The van der Waals surface area contributed by atoms with Crippen LogP contribution in [0.1, 0.15) is 6.42 Å². The van der Waals surface area contributed by atoms with Gasteiger partial charge in [-0.1, -0.05) is 0 Å². The first-order chi connectivity index (χ1) is 5.33. The van der Waals surface area contributed by atoms with Gasteiger partial charge in [-0.2, -0.15) is 14.7 Å². The van der Waals surface area contributed by atoms with Crippen molar-refractivity contribution in [3.8, 4) is 0 Å². The Hall–Kier alpha value is 0.786. The normalized spacial score (nSPS) is 9.50. The van der Waals surface area contributed by atoms with Gasteiger partial charge in [0.1, 0.15) is 0 Å². The fourth-order valence-corrected chi connectivity index (χ4v) is 0.340. The van der Waals surface area contributed by atoms with Crippen molar-refractivity contribution < 1.29 is 26.4 Å². The molecule has 5 heteroatoms. The van der Waals surface area contributed by atoms with Crippen molar-refractivity contribution in [3.05, 3.63) is 24.3 Å². The smallest absolute Gasteiger partial charge is 0.531 e. The van der Waals surface area contributed by atoms with E-state index in [1.54, 1.807) is 0 Å². The molecule has 0 saturated heterocycles. The van der Waals surface area contributed by atoms with Gasteiger partial charge in [-0.05, 0) is 0 Å². The molecule has 0 aromatic rings. The maximum absolute atomic E-state index is 8.67. The third kappa shape index (κ3) is 30.9. The second-order valence-electron chi connectivity index (χ2n) is 1.16. The average Bonchev–Trinajstić information content (AvgIpc) is 2.44. The number of halogens is 2. The number of rotatable bonds is 0. The van der Waals surface area contributed by atoms with Crippen LogP contribution in [-0.2, 0) is 26.4 Å². The molecule has 0 heterocycles. The van der Waals surface area contributed by atoms with E-state index in [0.29, 0.717) is 0 Å². The van der Waals surface area contributed by atoms with Gasteiger partial charge >= 0.3 is 16.8 Å². The van der Waals surface area contributed by atoms with Crippen molar-refractivity contribution in [1.82, 2.24) is 0 Å². The first-order valence-electron chi connectivity index (χ1n) is 2.50. The summed E-state index contributed by atoms with van der Waals surface area (Å²) < 4.78 is 2.94. The molecule has 0 amide bonds. The molecule has 0 spiro atoms. The fraction of sp³-hybridized carbons (Fsp3) is 0.143. The standard InChI is InChI=1S/C5H5.2CIO.Co/c1-2-4-5-3-1;2*2-1-3;/h1-3H,4H2;;;/q3*-1;+3. The molecule has 0 N–H and O–H groups in total. The largest absolute Gasteiger partial charge is 3.00 e. The van der Waals surface area contributed by atoms with Gasteiger partial charge in [0.15, 0.2) is 0 Å². The van der Waals surface area contributed by atoms with E-state index in [0.717, 1.165) is 6.42 Å². The molecule has 2 nitrogen and oxygen atoms in total. The summed E-state index contributed by atoms with van der Waals surface area (Å²) in [5, 5.41) is 0. The molecule has 0 aromatic heterocycles. The molecule has 0 atom stereocenters. The SMILES string of the molecule is O=[C-]I.O=[C-]I.[C-]1=CC=CC1.[Co+3]. The number of allylic oxidation sites excluding steroid dienone is 4. The molecular weight excluding hydrogens is 429 g/mol. The van der Waals surface area contributed by atoms with Crippen LogP contribution in [0.3, 0.4) is 0 Å². The Labute approximate surface area is 110 Å². The molecule has 12 heavy (non-hydrogen) atoms. The van der Waals surface area contributed by atoms with E-state index in [2.05, 4.69) is 12.2 Å². The summed E-state index contributed by atoms with van der Waals surface area (Å²) in [6.45, 7) is 0. The van der Waals surface area contributed by atoms with Gasteiger partial charge in [-0.25, -0.2) is 12.2 Å². The summed E-state index contributed by atoms with van der Waals surface area (Å²) in [6.07, 6.45) is 10.0. The quantitative estimate of drug-likeness (QED) is 0.334. The van der Waals surface area contributed by atoms with Crippen molar-refractivity contribution in [1.29, 1.82) is 0 Å². The third-order valence-electron chi connectivity index (χ3n) is 0.586. The van der Waals surface area contributed by atoms with Crippen LogP contribution in [0.2, 0.25) is 0 Å². The predicted molar refractivity (Wildman–Crippen MR) is 61.0 cm³/mol. The summed E-state index contributed by atoms with van der Waals surface area (Å²) in [5.41, 5.74) is 0. The topological polar surface area (TPSA) is 34.1 Å². The van der Waals surface area contributed by atoms with Crippen LogP contribution in [0.4, 0.5) is 0 Å². The molecular formula is C7H5CoI2O2. The first kappa shape index (κ1) is 18.5. The second-order valence-corrected chi connectivity index (χ2v) is 2.04. The van der Waals surface area contributed by atoms with Gasteiger partial charge in [0.25, 0.3) is 0 Å². The van der Waals surface area contributed by atoms with E-state index in [-0.39, 0.29) is 16.8 Å². The van der Waals surface area contributed by atoms with Crippen molar-refractivity contribution >= 4 is 53.8 Å². The summed E-state index contributed by atoms with van der Waals surface area (Å²) >= 11 is 2.97. The van der Waals surface area contributed by atoms with Crippen LogP contribution in [0.25, 0.3) is 0 Å². The van der Waals surface area contributed by atoms with E-state index in [1.807, 2.05) is 12.2 Å². The molecule has 68 valence electrons. The van der Waals surface area contributed by atoms with Crippen LogP contribution in [0.15, 0.2) is 18.2 Å². The van der Waals surface area contributed by atoms with Crippen molar-refractivity contribution in [2.24, 2.45) is 0 Å². The number of hydrogen-bond acceptors (Lipinski definition) is 2. The van der Waals surface area contributed by atoms with Crippen LogP contribution in [0, 0.1) is 6.08 Å². The molecule has 0 radical (unpaired) electrons. The molecule has 0 aromatic carbocycles. The Morgan fingerprint density at radius 2 is 1.67 bits per heavy atom. The zero-order valence-electron chi connectivity index (χ0n) is 5.84. The molecule has 0 aliphatic heterocycles. The monoisotopic (exact) mass is 434 g/mol. The molecule has 1 aliphatic rings. The van der Waals surface area contributed by atoms with Gasteiger partial charge in [0, 0.05) is 0 Å². The molecule has 0 fully saturated rings. The Morgan fingerprint density at radius 3 is 1.75 bits per heavy atom. The van der Waals surface area contributed by atoms with Gasteiger partial charge < -0.3 is 9.59 Å². The van der Waals surface area contributed by atoms with Crippen molar-refractivity contribution in [2.45, 2.75) is 6.42 Å². The van der Waals surface area contributed by atoms with E-state index < -0.39 is 0 Å². The Bertz CT molecular complexity index is 130. The van der Waals surface area contributed by atoms with Crippen molar-refractivity contribution in [3.63, 3.8) is 0 Å². The van der Waals surface area contributed by atoms with Crippen LogP contribution in [-0.4, -0.2) is 8.59 Å². The van der Waals surface area contributed by atoms with Gasteiger partial charge in [0.2, 0.25) is 0 Å². The van der Waals surface area contributed by atoms with Gasteiger partial charge in [-0.15, -0.1) is 6.42 Å². The van der Waals surface area contributed by atoms with Crippen LogP contribution in [0.5, 0.6) is 0 Å². The Kier molecular flexibility index (Phi) is 35.0. The minimum Gasteiger partial charge on any atom is -0.531 e. The summed E-state index contributed by atoms with van der Waals surface area (Å²) in [7, 11) is 0. The van der Waals surface area contributed by atoms with Crippen LogP contribution < -0.4 is 0 Å². The molecule has 0 saturated carbocycles. The third-order valence-corrected chi connectivity index (χ3v) is 0.586. The first-order valence-corrected chi connectivity index (χ1v) is 4.66. The number of carbonyl (C=O) groups excluding carboxylic acids is 2. The minimum atomic E-state index is 0.